The number of aromatic nitrogens is 1. The summed E-state index contributed by atoms with van der Waals surface area (Å²) in [5.41, 5.74) is 3.57. The monoisotopic (exact) mass is 484 g/mol. The highest BCUT2D eigenvalue weighted by molar-refractivity contribution is 8.01. The highest BCUT2D eigenvalue weighted by Crippen LogP contribution is 2.32. The number of nitrogens with zero attached hydrogens (tertiary/aromatic N) is 2. The smallest absolute Gasteiger partial charge is 0.308 e. The first-order valence-corrected chi connectivity index (χ1v) is 13.5. The molecule has 0 spiro atoms. The predicted octanol–water partition coefficient (Wildman–Crippen LogP) is 5.75. The van der Waals surface area contributed by atoms with Crippen LogP contribution < -0.4 is 4.74 Å². The number of aryl methyl sites for hydroxylation is 2. The van der Waals surface area contributed by atoms with Crippen molar-refractivity contribution in [3.63, 3.8) is 0 Å². The topological polar surface area (TPSA) is 62.7 Å². The Morgan fingerprint density at radius 3 is 2.97 bits per heavy atom. The summed E-state index contributed by atoms with van der Waals surface area (Å²) in [6.07, 6.45) is 5.68. The van der Waals surface area contributed by atoms with E-state index in [1.54, 1.807) is 18.4 Å². The number of thioether (sulfide) groups is 1. The maximum atomic E-state index is 12.0. The average molecular weight is 485 g/mol. The summed E-state index contributed by atoms with van der Waals surface area (Å²) < 4.78 is 6.76. The highest BCUT2D eigenvalue weighted by Gasteiger charge is 2.33. The summed E-state index contributed by atoms with van der Waals surface area (Å²) in [4.78, 5) is 18.8. The molecular formula is C26H32N2O3S2. The van der Waals surface area contributed by atoms with Gasteiger partial charge in [0.15, 0.2) is 0 Å². The molecule has 7 heteroatoms. The van der Waals surface area contributed by atoms with Crippen LogP contribution in [0.2, 0.25) is 0 Å². The lowest BCUT2D eigenvalue weighted by Crippen LogP contribution is -2.44. The maximum absolute atomic E-state index is 12.0. The lowest BCUT2D eigenvalue weighted by Gasteiger charge is -2.36. The van der Waals surface area contributed by atoms with Crippen LogP contribution >= 0.6 is 23.1 Å². The lowest BCUT2D eigenvalue weighted by atomic mass is 9.81. The molecule has 1 aliphatic heterocycles. The number of likely N-dealkylation sites (tertiary alicyclic amines) is 1. The Balaban J connectivity index is 1.30. The molecule has 5 nitrogen and oxygen atoms in total. The fraction of sp³-hybridized carbons (Fsp3) is 0.462. The molecule has 176 valence electrons. The van der Waals surface area contributed by atoms with Crippen molar-refractivity contribution in [2.75, 3.05) is 32.5 Å². The van der Waals surface area contributed by atoms with Gasteiger partial charge in [0.05, 0.1) is 22.8 Å². The van der Waals surface area contributed by atoms with Crippen LogP contribution in [0.3, 0.4) is 0 Å². The molecule has 1 saturated heterocycles. The first kappa shape index (κ1) is 24.0. The molecule has 4 rings (SSSR count). The van der Waals surface area contributed by atoms with Gasteiger partial charge < -0.3 is 14.7 Å². The van der Waals surface area contributed by atoms with Crippen LogP contribution in [0.1, 0.15) is 30.4 Å². The maximum Gasteiger partial charge on any atom is 0.308 e. The molecule has 0 bridgehead atoms. The predicted molar refractivity (Wildman–Crippen MR) is 137 cm³/mol. The molecule has 0 unspecified atom stereocenters. The summed E-state index contributed by atoms with van der Waals surface area (Å²) in [6, 6.07) is 10.2. The molecule has 0 radical (unpaired) electrons. The Morgan fingerprint density at radius 2 is 2.21 bits per heavy atom. The molecule has 0 amide bonds. The van der Waals surface area contributed by atoms with Gasteiger partial charge in [0.2, 0.25) is 0 Å². The van der Waals surface area contributed by atoms with Crippen LogP contribution in [0.4, 0.5) is 0 Å². The van der Waals surface area contributed by atoms with E-state index in [4.69, 9.17) is 4.74 Å². The van der Waals surface area contributed by atoms with Crippen molar-refractivity contribution in [2.45, 2.75) is 36.8 Å². The van der Waals surface area contributed by atoms with Crippen molar-refractivity contribution in [3.8, 4) is 5.75 Å². The normalized spacial score (nSPS) is 19.1. The first-order valence-electron chi connectivity index (χ1n) is 11.6. The average Bonchev–Trinajstić information content (AvgIpc) is 3.24. The molecule has 33 heavy (non-hydrogen) atoms. The summed E-state index contributed by atoms with van der Waals surface area (Å²) in [5, 5.41) is 13.2. The Morgan fingerprint density at radius 1 is 1.33 bits per heavy atom. The van der Waals surface area contributed by atoms with Crippen molar-refractivity contribution in [1.29, 1.82) is 0 Å². The van der Waals surface area contributed by atoms with Gasteiger partial charge in [-0.15, -0.1) is 23.1 Å². The van der Waals surface area contributed by atoms with E-state index < -0.39 is 5.97 Å². The number of rotatable bonds is 10. The molecule has 0 aliphatic carbocycles. The number of pyridine rings is 1. The minimum absolute atomic E-state index is 0.244. The van der Waals surface area contributed by atoms with Crippen molar-refractivity contribution in [1.82, 2.24) is 9.88 Å². The van der Waals surface area contributed by atoms with Crippen LogP contribution in [0, 0.1) is 18.8 Å². The van der Waals surface area contributed by atoms with Gasteiger partial charge in [-0.25, -0.2) is 0 Å². The largest absolute Gasteiger partial charge is 0.497 e. The van der Waals surface area contributed by atoms with E-state index in [1.165, 1.54) is 15.3 Å². The number of benzene rings is 1. The van der Waals surface area contributed by atoms with Gasteiger partial charge in [0.25, 0.3) is 0 Å². The number of ether oxygens (including phenoxy) is 1. The van der Waals surface area contributed by atoms with E-state index in [-0.39, 0.29) is 11.8 Å². The molecule has 2 atom stereocenters. The van der Waals surface area contributed by atoms with Gasteiger partial charge in [-0.1, -0.05) is 0 Å². The summed E-state index contributed by atoms with van der Waals surface area (Å²) >= 11 is 3.68. The number of piperidine rings is 1. The number of methoxy groups -OCH3 is 1. The summed E-state index contributed by atoms with van der Waals surface area (Å²) in [6.45, 7) is 4.76. The molecule has 1 aromatic carbocycles. The van der Waals surface area contributed by atoms with Crippen molar-refractivity contribution < 1.29 is 14.6 Å². The third-order valence-electron chi connectivity index (χ3n) is 6.67. The molecule has 2 aromatic heterocycles. The molecule has 3 heterocycles. The Kier molecular flexibility index (Phi) is 8.28. The third kappa shape index (κ3) is 6.08. The Bertz CT molecular complexity index is 1080. The number of thiophene rings is 1. The van der Waals surface area contributed by atoms with E-state index in [0.29, 0.717) is 6.54 Å². The number of hydrogen-bond donors (Lipinski definition) is 1. The number of hydrogen-bond acceptors (Lipinski definition) is 6. The second kappa shape index (κ2) is 11.4. The van der Waals surface area contributed by atoms with Crippen LogP contribution in [-0.2, 0) is 11.2 Å². The number of carbonyl (C=O) groups is 1. The van der Waals surface area contributed by atoms with Crippen LogP contribution in [0.5, 0.6) is 5.75 Å². The third-order valence-corrected chi connectivity index (χ3v) is 9.09. The quantitative estimate of drug-likeness (QED) is 0.370. The van der Waals surface area contributed by atoms with E-state index in [0.717, 1.165) is 61.2 Å². The van der Waals surface area contributed by atoms with E-state index in [9.17, 15) is 9.90 Å². The highest BCUT2D eigenvalue weighted by atomic mass is 32.2. The van der Waals surface area contributed by atoms with Crippen LogP contribution in [0.15, 0.2) is 46.1 Å². The van der Waals surface area contributed by atoms with Crippen LogP contribution in [-0.4, -0.2) is 53.5 Å². The van der Waals surface area contributed by atoms with Crippen molar-refractivity contribution in [2.24, 2.45) is 11.8 Å². The SMILES string of the molecule is COc1ccc2nccc(CCC[C@@H]3CCN(CCSc4sccc4C)C[C@@H]3C(=O)O)c2c1. The molecular weight excluding hydrogens is 452 g/mol. The zero-order valence-electron chi connectivity index (χ0n) is 19.3. The van der Waals surface area contributed by atoms with Gasteiger partial charge in [-0.3, -0.25) is 9.78 Å². The van der Waals surface area contributed by atoms with Gasteiger partial charge >= 0.3 is 5.97 Å². The minimum Gasteiger partial charge on any atom is -0.497 e. The molecule has 0 saturated carbocycles. The van der Waals surface area contributed by atoms with Gasteiger partial charge in [0, 0.05) is 30.4 Å². The molecule has 1 N–H and O–H groups in total. The van der Waals surface area contributed by atoms with E-state index >= 15 is 0 Å². The van der Waals surface area contributed by atoms with Gasteiger partial charge in [-0.05, 0) is 91.9 Å². The fourth-order valence-corrected chi connectivity index (χ4v) is 6.92. The molecule has 1 fully saturated rings. The van der Waals surface area contributed by atoms with Crippen LogP contribution in [0.25, 0.3) is 10.9 Å². The fourth-order valence-electron chi connectivity index (χ4n) is 4.75. The first-order chi connectivity index (χ1) is 16.0. The Hall–Kier alpha value is -2.09. The second-order valence-electron chi connectivity index (χ2n) is 8.78. The number of carboxylic acids is 1. The number of carboxylic acid groups (broad SMARTS) is 1. The number of aliphatic carboxylic acids is 1. The van der Waals surface area contributed by atoms with Crippen molar-refractivity contribution in [3.05, 3.63) is 53.0 Å². The molecule has 3 aromatic rings. The Labute approximate surface area is 204 Å². The van der Waals surface area contributed by atoms with Gasteiger partial charge in [0.1, 0.15) is 5.75 Å². The zero-order chi connectivity index (χ0) is 23.2. The standard InChI is InChI=1S/C26H32N2O3S2/c1-18-10-14-32-26(18)33-15-13-28-12-9-20(23(17-28)25(29)30)5-3-4-19-8-11-27-24-7-6-21(31-2)16-22(19)24/h6-8,10-11,14,16,20,23H,3-5,9,12-13,15,17H2,1-2H3,(H,29,30)/t20-,23+/m1/s1. The number of fused-ring (bicyclic) bond motifs is 1. The molecule has 1 aliphatic rings. The summed E-state index contributed by atoms with van der Waals surface area (Å²) in [5.74, 6) is 1.17. The zero-order valence-corrected chi connectivity index (χ0v) is 21.0. The second-order valence-corrected chi connectivity index (χ2v) is 11.1. The van der Waals surface area contributed by atoms with Crippen molar-refractivity contribution >= 4 is 40.0 Å². The van der Waals surface area contributed by atoms with Gasteiger partial charge in [-0.2, -0.15) is 0 Å². The lowest BCUT2D eigenvalue weighted by molar-refractivity contribution is -0.146. The van der Waals surface area contributed by atoms with E-state index in [1.807, 2.05) is 36.2 Å². The van der Waals surface area contributed by atoms with E-state index in [2.05, 4.69) is 34.3 Å². The minimum atomic E-state index is -0.648. The summed E-state index contributed by atoms with van der Waals surface area (Å²) in [7, 11) is 1.68.